The highest BCUT2D eigenvalue weighted by Crippen LogP contribution is 2.09. The Morgan fingerprint density at radius 3 is 3.00 bits per heavy atom. The molecule has 0 N–H and O–H groups in total. The Hall–Kier alpha value is -1.05. The Balaban J connectivity index is 2.67. The van der Waals surface area contributed by atoms with Gasteiger partial charge in [0, 0.05) is 18.3 Å². The van der Waals surface area contributed by atoms with E-state index in [9.17, 15) is 4.79 Å². The molecule has 1 aliphatic heterocycles. The van der Waals surface area contributed by atoms with E-state index in [0.29, 0.717) is 13.0 Å². The summed E-state index contributed by atoms with van der Waals surface area (Å²) in [5, 5.41) is 0. The van der Waals surface area contributed by atoms with Crippen LogP contribution in [0.2, 0.25) is 0 Å². The molecule has 0 aromatic heterocycles. The lowest BCUT2D eigenvalue weighted by atomic mass is 10.2. The first-order chi connectivity index (χ1) is 5.24. The van der Waals surface area contributed by atoms with Gasteiger partial charge in [0.15, 0.2) is 5.78 Å². The van der Waals surface area contributed by atoms with Gasteiger partial charge in [-0.1, -0.05) is 12.2 Å². The molecular weight excluding hydrogens is 138 g/mol. The Kier molecular flexibility index (Phi) is 2.47. The van der Waals surface area contributed by atoms with E-state index in [1.165, 1.54) is 0 Å². The largest absolute Gasteiger partial charge is 0.345 e. The fraction of sp³-hybridized carbons (Fsp3) is 0.444. The zero-order valence-corrected chi connectivity index (χ0v) is 7.00. The maximum atomic E-state index is 11.0. The molecule has 0 aliphatic carbocycles. The van der Waals surface area contributed by atoms with E-state index in [0.717, 1.165) is 5.70 Å². The van der Waals surface area contributed by atoms with Gasteiger partial charge in [-0.25, -0.2) is 0 Å². The van der Waals surface area contributed by atoms with Gasteiger partial charge in [0.25, 0.3) is 0 Å². The minimum absolute atomic E-state index is 0.286. The first-order valence-electron chi connectivity index (χ1n) is 3.82. The van der Waals surface area contributed by atoms with Crippen LogP contribution in [0.25, 0.3) is 0 Å². The summed E-state index contributed by atoms with van der Waals surface area (Å²) in [5.74, 6) is 0.286. The van der Waals surface area contributed by atoms with Crippen molar-refractivity contribution in [2.24, 2.45) is 0 Å². The Morgan fingerprint density at radius 1 is 1.73 bits per heavy atom. The number of carbonyl (C=O) groups excluding carboxylic acids is 1. The summed E-state index contributed by atoms with van der Waals surface area (Å²) >= 11 is 0. The number of hydrogen-bond donors (Lipinski definition) is 0. The predicted molar refractivity (Wildman–Crippen MR) is 44.9 cm³/mol. The molecule has 0 saturated carbocycles. The summed E-state index contributed by atoms with van der Waals surface area (Å²) in [6.45, 7) is 4.51. The van der Waals surface area contributed by atoms with Crippen LogP contribution in [0.15, 0.2) is 24.0 Å². The maximum absolute atomic E-state index is 11.0. The third-order valence-corrected chi connectivity index (χ3v) is 1.85. The molecule has 0 bridgehead atoms. The second-order valence-electron chi connectivity index (χ2n) is 2.69. The number of ketones is 1. The lowest BCUT2D eigenvalue weighted by Crippen LogP contribution is -2.26. The number of rotatable bonds is 1. The molecule has 2 nitrogen and oxygen atoms in total. The van der Waals surface area contributed by atoms with Crippen molar-refractivity contribution in [3.05, 3.63) is 24.0 Å². The topological polar surface area (TPSA) is 20.3 Å². The van der Waals surface area contributed by atoms with Crippen LogP contribution in [-0.2, 0) is 4.79 Å². The van der Waals surface area contributed by atoms with E-state index in [2.05, 4.69) is 0 Å². The second-order valence-corrected chi connectivity index (χ2v) is 2.69. The molecule has 0 unspecified atom stereocenters. The number of nitrogens with zero attached hydrogens (tertiary/aromatic N) is 1. The first-order valence-corrected chi connectivity index (χ1v) is 3.82. The molecule has 0 spiro atoms. The van der Waals surface area contributed by atoms with Crippen molar-refractivity contribution >= 4 is 5.78 Å². The van der Waals surface area contributed by atoms with E-state index in [4.69, 9.17) is 0 Å². The molecular formula is C9H13NO. The maximum Gasteiger partial charge on any atom is 0.156 e. The van der Waals surface area contributed by atoms with Crippen LogP contribution in [0, 0.1) is 0 Å². The number of Topliss-reactive ketones (excluding diaryl/α,β-unsaturated/α-hetero) is 1. The molecule has 0 saturated heterocycles. The fourth-order valence-corrected chi connectivity index (χ4v) is 1.03. The highest BCUT2D eigenvalue weighted by atomic mass is 16.1. The van der Waals surface area contributed by atoms with Crippen molar-refractivity contribution in [2.45, 2.75) is 20.3 Å². The number of allylic oxidation sites excluding steroid dienone is 3. The smallest absolute Gasteiger partial charge is 0.156 e. The molecule has 0 aromatic rings. The molecule has 60 valence electrons. The number of hydrogen-bond acceptors (Lipinski definition) is 2. The van der Waals surface area contributed by atoms with Crippen LogP contribution in [0.5, 0.6) is 0 Å². The number of carbonyl (C=O) groups is 1. The van der Waals surface area contributed by atoms with E-state index >= 15 is 0 Å². The normalized spacial score (nSPS) is 19.3. The molecule has 1 rings (SSSR count). The predicted octanol–water partition coefficient (Wildman–Crippen LogP) is 1.70. The second kappa shape index (κ2) is 3.37. The van der Waals surface area contributed by atoms with Gasteiger partial charge in [-0.3, -0.25) is 4.79 Å². The SMILES string of the molecule is CC=C(C)N1C=CCC(=O)C1. The van der Waals surface area contributed by atoms with Gasteiger partial charge in [0.1, 0.15) is 0 Å². The van der Waals surface area contributed by atoms with Crippen molar-refractivity contribution < 1.29 is 4.79 Å². The quantitative estimate of drug-likeness (QED) is 0.568. The average molecular weight is 151 g/mol. The summed E-state index contributed by atoms with van der Waals surface area (Å²) in [6.07, 6.45) is 6.46. The monoisotopic (exact) mass is 151 g/mol. The van der Waals surface area contributed by atoms with Gasteiger partial charge >= 0.3 is 0 Å². The van der Waals surface area contributed by atoms with Crippen molar-refractivity contribution in [3.63, 3.8) is 0 Å². The Morgan fingerprint density at radius 2 is 2.45 bits per heavy atom. The van der Waals surface area contributed by atoms with E-state index in [1.807, 2.05) is 37.1 Å². The van der Waals surface area contributed by atoms with Crippen LogP contribution in [0.1, 0.15) is 20.3 Å². The zero-order chi connectivity index (χ0) is 8.27. The summed E-state index contributed by atoms with van der Waals surface area (Å²) in [6, 6.07) is 0. The molecule has 0 aromatic carbocycles. The highest BCUT2D eigenvalue weighted by molar-refractivity contribution is 5.83. The molecule has 0 radical (unpaired) electrons. The molecule has 11 heavy (non-hydrogen) atoms. The molecule has 0 fully saturated rings. The lowest BCUT2D eigenvalue weighted by Gasteiger charge is -2.22. The van der Waals surface area contributed by atoms with Gasteiger partial charge < -0.3 is 4.90 Å². The Bertz CT molecular complexity index is 216. The van der Waals surface area contributed by atoms with Crippen LogP contribution < -0.4 is 0 Å². The molecule has 1 heterocycles. The lowest BCUT2D eigenvalue weighted by molar-refractivity contribution is -0.119. The molecule has 0 amide bonds. The summed E-state index contributed by atoms with van der Waals surface area (Å²) in [5.41, 5.74) is 1.13. The van der Waals surface area contributed by atoms with Crippen molar-refractivity contribution in [2.75, 3.05) is 6.54 Å². The average Bonchev–Trinajstić information content (AvgIpc) is 2.03. The van der Waals surface area contributed by atoms with E-state index in [1.54, 1.807) is 0 Å². The van der Waals surface area contributed by atoms with Crippen molar-refractivity contribution in [1.82, 2.24) is 4.90 Å². The van der Waals surface area contributed by atoms with Gasteiger partial charge in [-0.2, -0.15) is 0 Å². The minimum Gasteiger partial charge on any atom is -0.345 e. The van der Waals surface area contributed by atoms with Gasteiger partial charge in [0.2, 0.25) is 0 Å². The Labute approximate surface area is 67.2 Å². The third kappa shape index (κ3) is 1.93. The van der Waals surface area contributed by atoms with Crippen LogP contribution >= 0.6 is 0 Å². The van der Waals surface area contributed by atoms with Crippen LogP contribution in [-0.4, -0.2) is 17.2 Å². The zero-order valence-electron chi connectivity index (χ0n) is 7.00. The van der Waals surface area contributed by atoms with Crippen LogP contribution in [0.3, 0.4) is 0 Å². The van der Waals surface area contributed by atoms with Crippen molar-refractivity contribution in [3.8, 4) is 0 Å². The van der Waals surface area contributed by atoms with Gasteiger partial charge in [-0.05, 0) is 13.8 Å². The highest BCUT2D eigenvalue weighted by Gasteiger charge is 2.10. The fourth-order valence-electron chi connectivity index (χ4n) is 1.03. The molecule has 0 atom stereocenters. The summed E-state index contributed by atoms with van der Waals surface area (Å²) in [7, 11) is 0. The van der Waals surface area contributed by atoms with E-state index < -0.39 is 0 Å². The standard InChI is InChI=1S/C9H13NO/c1-3-8(2)10-6-4-5-9(11)7-10/h3-4,6H,5,7H2,1-2H3. The van der Waals surface area contributed by atoms with Crippen LogP contribution in [0.4, 0.5) is 0 Å². The first kappa shape index (κ1) is 8.05. The van der Waals surface area contributed by atoms with Gasteiger partial charge in [0.05, 0.1) is 6.54 Å². The molecule has 1 aliphatic rings. The van der Waals surface area contributed by atoms with E-state index in [-0.39, 0.29) is 5.78 Å². The third-order valence-electron chi connectivity index (χ3n) is 1.85. The van der Waals surface area contributed by atoms with Crippen molar-refractivity contribution in [1.29, 1.82) is 0 Å². The molecule has 2 heteroatoms. The van der Waals surface area contributed by atoms with Gasteiger partial charge in [-0.15, -0.1) is 0 Å². The minimum atomic E-state index is 0.286. The summed E-state index contributed by atoms with van der Waals surface area (Å²) < 4.78 is 0. The summed E-state index contributed by atoms with van der Waals surface area (Å²) in [4.78, 5) is 12.9.